The number of carbonyl (C=O) groups is 1. The van der Waals surface area contributed by atoms with Gasteiger partial charge < -0.3 is 10.2 Å². The maximum absolute atomic E-state index is 12.4. The zero-order chi connectivity index (χ0) is 17.1. The second-order valence-electron chi connectivity index (χ2n) is 7.05. The largest absolute Gasteiger partial charge is 0.334 e. The van der Waals surface area contributed by atoms with E-state index in [0.29, 0.717) is 18.4 Å². The van der Waals surface area contributed by atoms with E-state index in [4.69, 9.17) is 0 Å². The van der Waals surface area contributed by atoms with Crippen LogP contribution in [0, 0.1) is 11.8 Å². The number of hydrogen-bond acceptors (Lipinski definition) is 2. The van der Waals surface area contributed by atoms with Crippen molar-refractivity contribution in [1.82, 2.24) is 20.0 Å². The van der Waals surface area contributed by atoms with Crippen molar-refractivity contribution in [3.63, 3.8) is 0 Å². The van der Waals surface area contributed by atoms with Gasteiger partial charge in [-0.15, -0.1) is 0 Å². The van der Waals surface area contributed by atoms with Gasteiger partial charge in [0.15, 0.2) is 0 Å². The van der Waals surface area contributed by atoms with Crippen molar-refractivity contribution in [3.8, 4) is 0 Å². The topological polar surface area (TPSA) is 50.2 Å². The lowest BCUT2D eigenvalue weighted by Gasteiger charge is -2.17. The number of carbonyl (C=O) groups excluding carboxylic acids is 1. The Morgan fingerprint density at radius 1 is 1.08 bits per heavy atom. The van der Waals surface area contributed by atoms with Crippen LogP contribution >= 0.6 is 0 Å². The highest BCUT2D eigenvalue weighted by Gasteiger charge is 2.34. The molecule has 0 spiro atoms. The Kier molecular flexibility index (Phi) is 4.55. The molecule has 0 saturated carbocycles. The van der Waals surface area contributed by atoms with Crippen LogP contribution in [0.5, 0.6) is 0 Å². The van der Waals surface area contributed by atoms with E-state index in [1.807, 2.05) is 21.8 Å². The molecule has 5 heteroatoms. The minimum absolute atomic E-state index is 0.0648. The van der Waals surface area contributed by atoms with E-state index in [-0.39, 0.29) is 6.03 Å². The van der Waals surface area contributed by atoms with Crippen LogP contribution in [0.2, 0.25) is 0 Å². The van der Waals surface area contributed by atoms with Crippen LogP contribution < -0.4 is 5.32 Å². The molecule has 4 rings (SSSR count). The Labute approximate surface area is 148 Å². The summed E-state index contributed by atoms with van der Waals surface area (Å²) in [5.74, 6) is 1.30. The average molecular weight is 336 g/mol. The number of allylic oxidation sites excluding steroid dienone is 2. The molecule has 2 atom stereocenters. The van der Waals surface area contributed by atoms with Gasteiger partial charge in [0.25, 0.3) is 0 Å². The molecule has 2 heterocycles. The third-order valence-electron chi connectivity index (χ3n) is 5.28. The number of likely N-dealkylation sites (tertiary alicyclic amines) is 1. The summed E-state index contributed by atoms with van der Waals surface area (Å²) in [7, 11) is 0. The molecule has 2 aromatic rings. The van der Waals surface area contributed by atoms with Crippen molar-refractivity contribution in [3.05, 3.63) is 66.0 Å². The third-order valence-corrected chi connectivity index (χ3v) is 5.28. The van der Waals surface area contributed by atoms with E-state index in [0.717, 1.165) is 38.0 Å². The van der Waals surface area contributed by atoms with Gasteiger partial charge in [0.05, 0.1) is 6.54 Å². The van der Waals surface area contributed by atoms with Crippen LogP contribution in [-0.4, -0.2) is 33.8 Å². The molecule has 1 aliphatic carbocycles. The molecule has 130 valence electrons. The number of benzene rings is 1. The van der Waals surface area contributed by atoms with E-state index in [1.54, 1.807) is 6.20 Å². The molecule has 0 unspecified atom stereocenters. The summed E-state index contributed by atoms with van der Waals surface area (Å²) in [5, 5.41) is 7.28. The van der Waals surface area contributed by atoms with Crippen molar-refractivity contribution < 1.29 is 4.79 Å². The smallest absolute Gasteiger partial charge is 0.317 e. The molecule has 0 radical (unpaired) electrons. The molecule has 1 aliphatic heterocycles. The molecule has 1 fully saturated rings. The fraction of sp³-hybridized carbons (Fsp3) is 0.400. The number of fused-ring (bicyclic) bond motifs is 1. The first-order chi connectivity index (χ1) is 12.3. The molecule has 0 bridgehead atoms. The van der Waals surface area contributed by atoms with Gasteiger partial charge in [-0.2, -0.15) is 5.10 Å². The lowest BCUT2D eigenvalue weighted by Crippen LogP contribution is -2.38. The first-order valence-electron chi connectivity index (χ1n) is 9.01. The lowest BCUT2D eigenvalue weighted by molar-refractivity contribution is 0.206. The average Bonchev–Trinajstić information content (AvgIpc) is 3.30. The number of hydrogen-bond donors (Lipinski definition) is 1. The molecule has 1 aromatic heterocycles. The van der Waals surface area contributed by atoms with E-state index < -0.39 is 0 Å². The van der Waals surface area contributed by atoms with Gasteiger partial charge in [-0.1, -0.05) is 36.4 Å². The minimum Gasteiger partial charge on any atom is -0.334 e. The number of nitrogens with one attached hydrogen (secondary N) is 1. The summed E-state index contributed by atoms with van der Waals surface area (Å²) in [6.45, 7) is 3.13. The summed E-state index contributed by atoms with van der Waals surface area (Å²) in [6, 6.07) is 10.3. The zero-order valence-corrected chi connectivity index (χ0v) is 14.3. The number of urea groups is 1. The Morgan fingerprint density at radius 2 is 1.76 bits per heavy atom. The maximum Gasteiger partial charge on any atom is 0.317 e. The van der Waals surface area contributed by atoms with Crippen LogP contribution in [-0.2, 0) is 13.1 Å². The van der Waals surface area contributed by atoms with E-state index in [2.05, 4.69) is 46.8 Å². The molecule has 5 nitrogen and oxygen atoms in total. The van der Waals surface area contributed by atoms with Gasteiger partial charge in [-0.05, 0) is 41.9 Å². The first kappa shape index (κ1) is 15.9. The van der Waals surface area contributed by atoms with Crippen LogP contribution in [0.1, 0.15) is 24.0 Å². The van der Waals surface area contributed by atoms with Gasteiger partial charge in [-0.25, -0.2) is 4.79 Å². The monoisotopic (exact) mass is 336 g/mol. The number of nitrogens with zero attached hydrogens (tertiary/aromatic N) is 3. The molecule has 2 aliphatic rings. The van der Waals surface area contributed by atoms with Crippen LogP contribution in [0.4, 0.5) is 4.79 Å². The Hall–Kier alpha value is -2.56. The van der Waals surface area contributed by atoms with Gasteiger partial charge in [0, 0.05) is 32.0 Å². The maximum atomic E-state index is 12.4. The SMILES string of the molecule is O=C(NCc1ccc(Cn2cccn2)cc1)N1C[C@H]2CC=CC[C@H]2C1. The molecular weight excluding hydrogens is 312 g/mol. The molecule has 1 aromatic carbocycles. The number of amides is 2. The normalized spacial score (nSPS) is 22.0. The summed E-state index contributed by atoms with van der Waals surface area (Å²) in [4.78, 5) is 14.4. The van der Waals surface area contributed by atoms with Gasteiger partial charge >= 0.3 is 6.03 Å². The Morgan fingerprint density at radius 3 is 2.40 bits per heavy atom. The molecule has 2 amide bonds. The molecule has 1 N–H and O–H groups in total. The summed E-state index contributed by atoms with van der Waals surface area (Å²) in [5.41, 5.74) is 2.32. The van der Waals surface area contributed by atoms with Crippen LogP contribution in [0.3, 0.4) is 0 Å². The van der Waals surface area contributed by atoms with Crippen molar-refractivity contribution in [1.29, 1.82) is 0 Å². The van der Waals surface area contributed by atoms with Crippen molar-refractivity contribution in [2.24, 2.45) is 11.8 Å². The van der Waals surface area contributed by atoms with Gasteiger partial charge in [-0.3, -0.25) is 4.68 Å². The van der Waals surface area contributed by atoms with Crippen LogP contribution in [0.15, 0.2) is 54.9 Å². The highest BCUT2D eigenvalue weighted by Crippen LogP contribution is 2.32. The number of aromatic nitrogens is 2. The predicted octanol–water partition coefficient (Wildman–Crippen LogP) is 3.04. The Bertz CT molecular complexity index is 720. The van der Waals surface area contributed by atoms with E-state index >= 15 is 0 Å². The molecule has 25 heavy (non-hydrogen) atoms. The lowest BCUT2D eigenvalue weighted by atomic mass is 9.86. The number of rotatable bonds is 4. The second kappa shape index (κ2) is 7.13. The third kappa shape index (κ3) is 3.76. The van der Waals surface area contributed by atoms with Crippen molar-refractivity contribution in [2.75, 3.05) is 13.1 Å². The summed E-state index contributed by atoms with van der Waals surface area (Å²) >= 11 is 0. The summed E-state index contributed by atoms with van der Waals surface area (Å²) < 4.78 is 1.90. The quantitative estimate of drug-likeness (QED) is 0.873. The second-order valence-corrected chi connectivity index (χ2v) is 7.05. The highest BCUT2D eigenvalue weighted by atomic mass is 16.2. The fourth-order valence-corrected chi connectivity index (χ4v) is 3.81. The standard InChI is InChI=1S/C20H24N4O/c25-20(23-14-18-4-1-2-5-19(18)15-23)21-12-16-6-8-17(9-7-16)13-24-11-3-10-22-24/h1-3,6-11,18-19H,4-5,12-15H2,(H,21,25)/t18-,19+. The zero-order valence-electron chi connectivity index (χ0n) is 14.3. The Balaban J connectivity index is 1.27. The fourth-order valence-electron chi connectivity index (χ4n) is 3.81. The summed E-state index contributed by atoms with van der Waals surface area (Å²) in [6.07, 6.45) is 10.5. The van der Waals surface area contributed by atoms with Gasteiger partial charge in [0.2, 0.25) is 0 Å². The molecular formula is C20H24N4O. The highest BCUT2D eigenvalue weighted by molar-refractivity contribution is 5.74. The van der Waals surface area contributed by atoms with E-state index in [9.17, 15) is 4.79 Å². The van der Waals surface area contributed by atoms with Gasteiger partial charge in [0.1, 0.15) is 0 Å². The first-order valence-corrected chi connectivity index (χ1v) is 9.01. The van der Waals surface area contributed by atoms with Crippen molar-refractivity contribution in [2.45, 2.75) is 25.9 Å². The molecule has 1 saturated heterocycles. The predicted molar refractivity (Wildman–Crippen MR) is 96.9 cm³/mol. The van der Waals surface area contributed by atoms with Crippen molar-refractivity contribution >= 4 is 6.03 Å². The minimum atomic E-state index is 0.0648. The van der Waals surface area contributed by atoms with Crippen LogP contribution in [0.25, 0.3) is 0 Å². The van der Waals surface area contributed by atoms with E-state index in [1.165, 1.54) is 5.56 Å².